The fraction of sp³-hybridized carbons (Fsp3) is 0.333. The first-order chi connectivity index (χ1) is 14.3. The van der Waals surface area contributed by atoms with Crippen LogP contribution < -0.4 is 11.1 Å². The van der Waals surface area contributed by atoms with Gasteiger partial charge >= 0.3 is 0 Å². The minimum Gasteiger partial charge on any atom is -0.465 e. The maximum atomic E-state index is 14.9. The van der Waals surface area contributed by atoms with Gasteiger partial charge in [-0.05, 0) is 36.8 Å². The lowest BCUT2D eigenvalue weighted by Crippen LogP contribution is -2.50. The fourth-order valence-electron chi connectivity index (χ4n) is 3.95. The lowest BCUT2D eigenvalue weighted by molar-refractivity contribution is 0.0665. The normalized spacial score (nSPS) is 24.9. The molecule has 154 valence electrons. The van der Waals surface area contributed by atoms with Gasteiger partial charge < -0.3 is 20.5 Å². The van der Waals surface area contributed by atoms with E-state index in [1.165, 1.54) is 18.3 Å². The zero-order valence-corrected chi connectivity index (χ0v) is 16.5. The standard InChI is InChI=1S/C21H20FN5O3/c1-12-5-13(7-23)8-25-17(12)18(28)26-14-3-4-16(22)15(6-14)21-11-29-9-20(21,2)10-30-19(24)27-21/h3-6,8H,9-11H2,1-2H3,(H2,24,27)(H,26,28). The molecule has 0 bridgehead atoms. The van der Waals surface area contributed by atoms with Crippen molar-refractivity contribution in [3.05, 3.63) is 58.7 Å². The van der Waals surface area contributed by atoms with Crippen molar-refractivity contribution in [3.8, 4) is 6.07 Å². The van der Waals surface area contributed by atoms with Gasteiger partial charge in [0.1, 0.15) is 29.7 Å². The summed E-state index contributed by atoms with van der Waals surface area (Å²) in [6.45, 7) is 4.34. The molecule has 4 rings (SSSR count). The van der Waals surface area contributed by atoms with Crippen molar-refractivity contribution in [2.45, 2.75) is 19.4 Å². The van der Waals surface area contributed by atoms with Crippen LogP contribution in [0.1, 0.15) is 34.1 Å². The van der Waals surface area contributed by atoms with Crippen LogP contribution in [0.15, 0.2) is 35.5 Å². The summed E-state index contributed by atoms with van der Waals surface area (Å²) < 4.78 is 26.0. The molecule has 2 aliphatic heterocycles. The molecule has 9 heteroatoms. The first-order valence-corrected chi connectivity index (χ1v) is 9.32. The van der Waals surface area contributed by atoms with E-state index in [9.17, 15) is 9.18 Å². The molecule has 8 nitrogen and oxygen atoms in total. The fourth-order valence-corrected chi connectivity index (χ4v) is 3.95. The highest BCUT2D eigenvalue weighted by Gasteiger charge is 2.58. The number of nitrogens with one attached hydrogen (secondary N) is 1. The monoisotopic (exact) mass is 409 g/mol. The quantitative estimate of drug-likeness (QED) is 0.801. The van der Waals surface area contributed by atoms with Crippen LogP contribution in [-0.2, 0) is 15.0 Å². The van der Waals surface area contributed by atoms with Gasteiger partial charge in [-0.15, -0.1) is 0 Å². The summed E-state index contributed by atoms with van der Waals surface area (Å²) in [7, 11) is 0. The van der Waals surface area contributed by atoms with Crippen molar-refractivity contribution >= 4 is 17.6 Å². The Morgan fingerprint density at radius 1 is 1.33 bits per heavy atom. The largest absolute Gasteiger partial charge is 0.465 e. The van der Waals surface area contributed by atoms with Crippen LogP contribution in [-0.4, -0.2) is 36.7 Å². The SMILES string of the molecule is Cc1cc(C#N)cnc1C(=O)Nc1ccc(F)c(C23COCC2(C)COC(N)=N3)c1. The molecule has 2 aliphatic rings. The maximum Gasteiger partial charge on any atom is 0.282 e. The molecule has 2 aromatic rings. The molecule has 0 aliphatic carbocycles. The van der Waals surface area contributed by atoms with Crippen molar-refractivity contribution < 1.29 is 18.7 Å². The van der Waals surface area contributed by atoms with Crippen LogP contribution in [0.5, 0.6) is 0 Å². The Labute approximate surface area is 172 Å². The minimum absolute atomic E-state index is 0.0239. The third kappa shape index (κ3) is 3.06. The van der Waals surface area contributed by atoms with E-state index in [0.717, 1.165) is 0 Å². The highest BCUT2D eigenvalue weighted by molar-refractivity contribution is 6.03. The van der Waals surface area contributed by atoms with Gasteiger partial charge in [0, 0.05) is 17.4 Å². The van der Waals surface area contributed by atoms with Crippen molar-refractivity contribution in [1.82, 2.24) is 4.98 Å². The smallest absolute Gasteiger partial charge is 0.282 e. The number of carbonyl (C=O) groups excluding carboxylic acids is 1. The number of pyridine rings is 1. The molecule has 1 aromatic carbocycles. The minimum atomic E-state index is -1.05. The summed E-state index contributed by atoms with van der Waals surface area (Å²) in [5.41, 5.74) is 5.91. The number of hydrogen-bond acceptors (Lipinski definition) is 7. The van der Waals surface area contributed by atoms with Crippen molar-refractivity contribution in [1.29, 1.82) is 5.26 Å². The molecule has 30 heavy (non-hydrogen) atoms. The van der Waals surface area contributed by atoms with Crippen LogP contribution in [0, 0.1) is 29.5 Å². The Balaban J connectivity index is 1.70. The lowest BCUT2D eigenvalue weighted by Gasteiger charge is -2.42. The van der Waals surface area contributed by atoms with Gasteiger partial charge in [0.25, 0.3) is 11.9 Å². The van der Waals surface area contributed by atoms with E-state index in [4.69, 9.17) is 20.5 Å². The molecule has 1 amide bonds. The molecule has 2 atom stereocenters. The predicted molar refractivity (Wildman–Crippen MR) is 106 cm³/mol. The second-order valence-electron chi connectivity index (χ2n) is 7.80. The Morgan fingerprint density at radius 2 is 2.13 bits per heavy atom. The second-order valence-corrected chi connectivity index (χ2v) is 7.80. The third-order valence-corrected chi connectivity index (χ3v) is 5.66. The summed E-state index contributed by atoms with van der Waals surface area (Å²) in [4.78, 5) is 21.2. The van der Waals surface area contributed by atoms with Crippen LogP contribution in [0.4, 0.5) is 10.1 Å². The van der Waals surface area contributed by atoms with E-state index >= 15 is 0 Å². The first-order valence-electron chi connectivity index (χ1n) is 9.32. The molecule has 1 saturated heterocycles. The van der Waals surface area contributed by atoms with E-state index < -0.39 is 22.7 Å². The molecule has 0 spiro atoms. The van der Waals surface area contributed by atoms with Crippen LogP contribution in [0.3, 0.4) is 0 Å². The topological polar surface area (TPSA) is 123 Å². The number of halogens is 1. The zero-order chi connectivity index (χ0) is 21.5. The molecule has 1 fully saturated rings. The summed E-state index contributed by atoms with van der Waals surface area (Å²) in [5.74, 6) is -0.941. The lowest BCUT2D eigenvalue weighted by atomic mass is 9.69. The number of anilines is 1. The molecular weight excluding hydrogens is 389 g/mol. The van der Waals surface area contributed by atoms with Gasteiger partial charge in [-0.2, -0.15) is 5.26 Å². The molecule has 0 saturated carbocycles. The number of fused-ring (bicyclic) bond motifs is 1. The number of hydrogen-bond donors (Lipinski definition) is 2. The van der Waals surface area contributed by atoms with Crippen LogP contribution in [0.2, 0.25) is 0 Å². The van der Waals surface area contributed by atoms with Crippen LogP contribution >= 0.6 is 0 Å². The molecule has 0 radical (unpaired) electrons. The zero-order valence-electron chi connectivity index (χ0n) is 16.5. The number of nitrogens with two attached hydrogens (primary N) is 1. The Bertz CT molecular complexity index is 1110. The molecular formula is C21H20FN5O3. The number of aryl methyl sites for hydroxylation is 1. The number of nitrogens with zero attached hydrogens (tertiary/aromatic N) is 3. The maximum absolute atomic E-state index is 14.9. The number of carbonyl (C=O) groups is 1. The highest BCUT2D eigenvalue weighted by Crippen LogP contribution is 2.51. The van der Waals surface area contributed by atoms with Gasteiger partial charge in [0.15, 0.2) is 0 Å². The Morgan fingerprint density at radius 3 is 2.87 bits per heavy atom. The number of benzene rings is 1. The number of aromatic nitrogens is 1. The van der Waals surface area contributed by atoms with E-state index in [1.807, 2.05) is 13.0 Å². The predicted octanol–water partition coefficient (Wildman–Crippen LogP) is 2.23. The van der Waals surface area contributed by atoms with Gasteiger partial charge in [0.2, 0.25) is 0 Å². The molecule has 3 N–H and O–H groups in total. The van der Waals surface area contributed by atoms with E-state index in [-0.39, 0.29) is 30.5 Å². The van der Waals surface area contributed by atoms with E-state index in [0.29, 0.717) is 23.4 Å². The summed E-state index contributed by atoms with van der Waals surface area (Å²) >= 11 is 0. The Hall–Kier alpha value is -3.51. The Kier molecular flexibility index (Phi) is 4.67. The summed E-state index contributed by atoms with van der Waals surface area (Å²) in [6, 6.07) is 7.82. The van der Waals surface area contributed by atoms with Gasteiger partial charge in [-0.3, -0.25) is 4.79 Å². The van der Waals surface area contributed by atoms with Crippen molar-refractivity contribution in [2.24, 2.45) is 16.1 Å². The summed E-state index contributed by atoms with van der Waals surface area (Å²) in [5, 5.41) is 11.7. The van der Waals surface area contributed by atoms with Gasteiger partial charge in [-0.1, -0.05) is 6.92 Å². The number of amidine groups is 1. The molecule has 1 aromatic heterocycles. The average molecular weight is 409 g/mol. The van der Waals surface area contributed by atoms with Gasteiger partial charge in [-0.25, -0.2) is 14.4 Å². The van der Waals surface area contributed by atoms with E-state index in [1.54, 1.807) is 19.1 Å². The van der Waals surface area contributed by atoms with Crippen LogP contribution in [0.25, 0.3) is 0 Å². The van der Waals surface area contributed by atoms with Crippen molar-refractivity contribution in [3.63, 3.8) is 0 Å². The average Bonchev–Trinajstić information content (AvgIpc) is 3.06. The number of ether oxygens (including phenoxy) is 2. The highest BCUT2D eigenvalue weighted by atomic mass is 19.1. The molecule has 2 unspecified atom stereocenters. The third-order valence-electron chi connectivity index (χ3n) is 5.66. The molecule has 3 heterocycles. The number of rotatable bonds is 3. The summed E-state index contributed by atoms with van der Waals surface area (Å²) in [6.07, 6.45) is 1.33. The number of amides is 1. The van der Waals surface area contributed by atoms with Crippen molar-refractivity contribution in [2.75, 3.05) is 25.1 Å². The van der Waals surface area contributed by atoms with Gasteiger partial charge in [0.05, 0.1) is 24.2 Å². The first kappa shape index (κ1) is 19.8. The second kappa shape index (κ2) is 7.07. The number of aliphatic imine (C=N–C) groups is 1. The number of nitriles is 1. The van der Waals surface area contributed by atoms with E-state index in [2.05, 4.69) is 15.3 Å².